The number of benzene rings is 1. The standard InChI is InChI=1S/C25H27N3/c1-3-4-5-9-18-24-26-27-25(20-13-7-6-8-14-20)28(24)23-17-11-15-21-19(2)12-10-16-22(21)23/h3-11,13-17,19,21-22H,12,18H2,1-2H3/b4-3-,9-5-. The van der Waals surface area contributed by atoms with E-state index in [1.165, 1.54) is 5.70 Å². The van der Waals surface area contributed by atoms with Crippen molar-refractivity contribution < 1.29 is 0 Å². The third-order valence-corrected chi connectivity index (χ3v) is 5.63. The molecule has 142 valence electrons. The van der Waals surface area contributed by atoms with Gasteiger partial charge in [0.2, 0.25) is 0 Å². The van der Waals surface area contributed by atoms with E-state index in [0.29, 0.717) is 17.8 Å². The summed E-state index contributed by atoms with van der Waals surface area (Å²) >= 11 is 0. The van der Waals surface area contributed by atoms with Crippen LogP contribution in [0.2, 0.25) is 0 Å². The van der Waals surface area contributed by atoms with Gasteiger partial charge in [-0.2, -0.15) is 0 Å². The minimum Gasteiger partial charge on any atom is -0.282 e. The first-order valence-electron chi connectivity index (χ1n) is 10.1. The molecule has 2 aliphatic carbocycles. The molecule has 0 spiro atoms. The van der Waals surface area contributed by atoms with Crippen LogP contribution in [-0.2, 0) is 6.42 Å². The van der Waals surface area contributed by atoms with Crippen LogP contribution in [0.3, 0.4) is 0 Å². The molecule has 2 aliphatic rings. The predicted octanol–water partition coefficient (Wildman–Crippen LogP) is 5.86. The first kappa shape index (κ1) is 18.4. The van der Waals surface area contributed by atoms with Gasteiger partial charge in [-0.25, -0.2) is 0 Å². The second kappa shape index (κ2) is 8.39. The van der Waals surface area contributed by atoms with Crippen LogP contribution in [0.1, 0.15) is 26.1 Å². The van der Waals surface area contributed by atoms with Gasteiger partial charge >= 0.3 is 0 Å². The van der Waals surface area contributed by atoms with Crippen LogP contribution in [0, 0.1) is 17.8 Å². The molecule has 2 aromatic rings. The first-order valence-corrected chi connectivity index (χ1v) is 10.1. The lowest BCUT2D eigenvalue weighted by atomic mass is 9.73. The Bertz CT molecular complexity index is 957. The fourth-order valence-corrected chi connectivity index (χ4v) is 4.16. The largest absolute Gasteiger partial charge is 0.282 e. The smallest absolute Gasteiger partial charge is 0.168 e. The van der Waals surface area contributed by atoms with Crippen LogP contribution in [0.5, 0.6) is 0 Å². The Labute approximate surface area is 167 Å². The van der Waals surface area contributed by atoms with Gasteiger partial charge in [0.25, 0.3) is 0 Å². The third-order valence-electron chi connectivity index (χ3n) is 5.63. The van der Waals surface area contributed by atoms with E-state index in [2.05, 4.69) is 88.5 Å². The summed E-state index contributed by atoms with van der Waals surface area (Å²) in [5.41, 5.74) is 2.37. The summed E-state index contributed by atoms with van der Waals surface area (Å²) in [6.45, 7) is 4.37. The van der Waals surface area contributed by atoms with Crippen molar-refractivity contribution >= 4 is 5.70 Å². The average Bonchev–Trinajstić information content (AvgIpc) is 3.15. The lowest BCUT2D eigenvalue weighted by Gasteiger charge is -2.35. The maximum absolute atomic E-state index is 4.59. The highest BCUT2D eigenvalue weighted by atomic mass is 15.3. The number of hydrogen-bond donors (Lipinski definition) is 0. The monoisotopic (exact) mass is 369 g/mol. The highest BCUT2D eigenvalue weighted by Gasteiger charge is 2.32. The summed E-state index contributed by atoms with van der Waals surface area (Å²) in [6.07, 6.45) is 21.7. The van der Waals surface area contributed by atoms with Crippen LogP contribution in [-0.4, -0.2) is 14.8 Å². The van der Waals surface area contributed by atoms with Crippen LogP contribution in [0.15, 0.2) is 85.0 Å². The van der Waals surface area contributed by atoms with E-state index in [9.17, 15) is 0 Å². The maximum atomic E-state index is 4.59. The topological polar surface area (TPSA) is 30.7 Å². The van der Waals surface area contributed by atoms with Crippen LogP contribution in [0.4, 0.5) is 0 Å². The average molecular weight is 370 g/mol. The van der Waals surface area contributed by atoms with Crippen molar-refractivity contribution in [1.29, 1.82) is 0 Å². The minimum absolute atomic E-state index is 0.366. The predicted molar refractivity (Wildman–Crippen MR) is 116 cm³/mol. The second-order valence-corrected chi connectivity index (χ2v) is 7.52. The molecule has 3 unspecified atom stereocenters. The zero-order valence-corrected chi connectivity index (χ0v) is 16.6. The zero-order valence-electron chi connectivity index (χ0n) is 16.6. The van der Waals surface area contributed by atoms with Gasteiger partial charge in [0.15, 0.2) is 5.82 Å². The lowest BCUT2D eigenvalue weighted by molar-refractivity contribution is 0.364. The SMILES string of the molecule is C/C=C\C=C/Cc1nnc(-c2ccccc2)n1C1=CC=CC2C(C)CC=CC12. The molecule has 0 amide bonds. The fourth-order valence-electron chi connectivity index (χ4n) is 4.16. The molecule has 1 aromatic carbocycles. The number of fused-ring (bicyclic) bond motifs is 1. The van der Waals surface area contributed by atoms with E-state index < -0.39 is 0 Å². The molecule has 3 heteroatoms. The first-order chi connectivity index (χ1) is 13.8. The Morgan fingerprint density at radius 1 is 1.11 bits per heavy atom. The Kier molecular flexibility index (Phi) is 5.52. The molecule has 0 radical (unpaired) electrons. The van der Waals surface area contributed by atoms with E-state index in [1.807, 2.05) is 25.1 Å². The highest BCUT2D eigenvalue weighted by Crippen LogP contribution is 2.41. The molecule has 0 saturated heterocycles. The molecule has 28 heavy (non-hydrogen) atoms. The summed E-state index contributed by atoms with van der Waals surface area (Å²) in [4.78, 5) is 0. The molecule has 0 aliphatic heterocycles. The van der Waals surface area contributed by atoms with Crippen molar-refractivity contribution in [3.05, 3.63) is 90.8 Å². The number of aromatic nitrogens is 3. The summed E-state index contributed by atoms with van der Waals surface area (Å²) in [5.74, 6) is 3.44. The Morgan fingerprint density at radius 2 is 1.96 bits per heavy atom. The van der Waals surface area contributed by atoms with Crippen LogP contribution >= 0.6 is 0 Å². The molecule has 0 saturated carbocycles. The Morgan fingerprint density at radius 3 is 2.79 bits per heavy atom. The van der Waals surface area contributed by atoms with Gasteiger partial charge in [0.05, 0.1) is 0 Å². The maximum Gasteiger partial charge on any atom is 0.168 e. The molecular formula is C25H27N3. The van der Waals surface area contributed by atoms with E-state index in [0.717, 1.165) is 30.1 Å². The number of nitrogens with zero attached hydrogens (tertiary/aromatic N) is 3. The van der Waals surface area contributed by atoms with Gasteiger partial charge in [-0.1, -0.05) is 85.9 Å². The molecule has 4 rings (SSSR count). The normalized spacial score (nSPS) is 24.1. The molecule has 3 atom stereocenters. The van der Waals surface area contributed by atoms with Gasteiger partial charge in [0, 0.05) is 23.6 Å². The summed E-state index contributed by atoms with van der Waals surface area (Å²) in [7, 11) is 0. The molecule has 1 heterocycles. The van der Waals surface area contributed by atoms with E-state index in [1.54, 1.807) is 0 Å². The number of rotatable bonds is 5. The van der Waals surface area contributed by atoms with Crippen molar-refractivity contribution in [3.8, 4) is 11.4 Å². The Hall–Kier alpha value is -2.94. The Balaban J connectivity index is 1.80. The third kappa shape index (κ3) is 3.57. The van der Waals surface area contributed by atoms with Crippen LogP contribution in [0.25, 0.3) is 17.1 Å². The lowest BCUT2D eigenvalue weighted by Crippen LogP contribution is -2.27. The summed E-state index contributed by atoms with van der Waals surface area (Å²) in [5, 5.41) is 9.16. The van der Waals surface area contributed by atoms with Gasteiger partial charge < -0.3 is 0 Å². The molecule has 0 fully saturated rings. The van der Waals surface area contributed by atoms with Crippen molar-refractivity contribution in [2.45, 2.75) is 26.7 Å². The number of allylic oxidation sites excluding steroid dienone is 10. The fraction of sp³-hybridized carbons (Fsp3) is 0.280. The quantitative estimate of drug-likeness (QED) is 0.488. The second-order valence-electron chi connectivity index (χ2n) is 7.52. The summed E-state index contributed by atoms with van der Waals surface area (Å²) < 4.78 is 2.28. The molecular weight excluding hydrogens is 342 g/mol. The molecule has 1 aromatic heterocycles. The minimum atomic E-state index is 0.366. The van der Waals surface area contributed by atoms with E-state index >= 15 is 0 Å². The number of hydrogen-bond acceptors (Lipinski definition) is 2. The van der Waals surface area contributed by atoms with Crippen molar-refractivity contribution in [2.24, 2.45) is 17.8 Å². The van der Waals surface area contributed by atoms with Gasteiger partial charge in [-0.3, -0.25) is 4.57 Å². The van der Waals surface area contributed by atoms with Crippen molar-refractivity contribution in [2.75, 3.05) is 0 Å². The van der Waals surface area contributed by atoms with Crippen molar-refractivity contribution in [1.82, 2.24) is 14.8 Å². The summed E-state index contributed by atoms with van der Waals surface area (Å²) in [6, 6.07) is 10.4. The molecule has 3 nitrogen and oxygen atoms in total. The highest BCUT2D eigenvalue weighted by molar-refractivity contribution is 5.66. The van der Waals surface area contributed by atoms with Gasteiger partial charge in [-0.15, -0.1) is 10.2 Å². The zero-order chi connectivity index (χ0) is 19.3. The van der Waals surface area contributed by atoms with E-state index in [4.69, 9.17) is 0 Å². The van der Waals surface area contributed by atoms with Gasteiger partial charge in [-0.05, 0) is 31.3 Å². The van der Waals surface area contributed by atoms with E-state index in [-0.39, 0.29) is 0 Å². The molecule has 0 bridgehead atoms. The molecule has 0 N–H and O–H groups in total. The van der Waals surface area contributed by atoms with Crippen LogP contribution < -0.4 is 0 Å². The van der Waals surface area contributed by atoms with Crippen molar-refractivity contribution in [3.63, 3.8) is 0 Å². The van der Waals surface area contributed by atoms with Gasteiger partial charge in [0.1, 0.15) is 5.82 Å².